The lowest BCUT2D eigenvalue weighted by atomic mass is 10.0. The number of para-hydroxylation sites is 1. The number of aromatic nitrogens is 1. The maximum absolute atomic E-state index is 13.0. The molecule has 1 heterocycles. The Balaban J connectivity index is 2.38. The largest absolute Gasteiger partial charge is 0.405 e. The van der Waals surface area contributed by atoms with Gasteiger partial charge in [-0.05, 0) is 18.1 Å². The molecule has 0 aliphatic carbocycles. The molecule has 0 aliphatic rings. The molecule has 0 saturated heterocycles. The minimum atomic E-state index is -4.51. The van der Waals surface area contributed by atoms with Gasteiger partial charge in [0.05, 0.1) is 22.1 Å². The summed E-state index contributed by atoms with van der Waals surface area (Å²) in [4.78, 5) is 2.82. The van der Waals surface area contributed by atoms with Gasteiger partial charge in [-0.1, -0.05) is 12.1 Å². The van der Waals surface area contributed by atoms with Gasteiger partial charge in [-0.15, -0.1) is 0 Å². The Morgan fingerprint density at radius 2 is 2.19 bits per heavy atom. The lowest BCUT2D eigenvalue weighted by molar-refractivity contribution is -0.150. The van der Waals surface area contributed by atoms with Gasteiger partial charge in [0.2, 0.25) is 0 Å². The Bertz CT molecular complexity index is 718. The number of aromatic amines is 1. The summed E-state index contributed by atoms with van der Waals surface area (Å²) < 4.78 is 51.9. The number of nitrogens with one attached hydrogen (secondary N) is 2. The second-order valence-corrected chi connectivity index (χ2v) is 5.67. The van der Waals surface area contributed by atoms with Gasteiger partial charge < -0.3 is 4.98 Å². The highest BCUT2D eigenvalue weighted by atomic mass is 32.2. The fourth-order valence-electron chi connectivity index (χ4n) is 2.12. The molecule has 112 valence electrons. The average molecular weight is 315 g/mol. The number of benzene rings is 1. The predicted molar refractivity (Wildman–Crippen MR) is 73.8 cm³/mol. The van der Waals surface area contributed by atoms with Crippen LogP contribution in [0.25, 0.3) is 10.9 Å². The van der Waals surface area contributed by atoms with E-state index in [1.165, 1.54) is 6.20 Å². The number of alkyl halides is 3. The van der Waals surface area contributed by atoms with Crippen molar-refractivity contribution >= 4 is 21.9 Å². The van der Waals surface area contributed by atoms with E-state index in [-0.39, 0.29) is 6.42 Å². The molecular weight excluding hydrogens is 303 g/mol. The number of H-pyrrole nitrogens is 1. The van der Waals surface area contributed by atoms with Crippen LogP contribution in [0.2, 0.25) is 0 Å². The SMILES string of the molecule is CS(=O)NC(Cc1c[nH]c2c(C#N)cccc12)C(F)(F)F. The number of nitriles is 1. The first kappa shape index (κ1) is 15.5. The summed E-state index contributed by atoms with van der Waals surface area (Å²) >= 11 is 0. The molecule has 2 rings (SSSR count). The van der Waals surface area contributed by atoms with Crippen molar-refractivity contribution in [2.75, 3.05) is 6.26 Å². The number of rotatable bonds is 4. The molecule has 21 heavy (non-hydrogen) atoms. The Morgan fingerprint density at radius 1 is 1.48 bits per heavy atom. The van der Waals surface area contributed by atoms with Gasteiger partial charge in [-0.25, -0.2) is 8.93 Å². The number of hydrogen-bond donors (Lipinski definition) is 2. The standard InChI is InChI=1S/C13H12F3N3OS/c1-21(20)19-11(13(14,15)16)5-9-7-18-12-8(6-17)3-2-4-10(9)12/h2-4,7,11,18-19H,5H2,1H3. The zero-order valence-electron chi connectivity index (χ0n) is 11.0. The molecule has 0 radical (unpaired) electrons. The number of hydrogen-bond acceptors (Lipinski definition) is 2. The lowest BCUT2D eigenvalue weighted by Crippen LogP contribution is -2.44. The van der Waals surface area contributed by atoms with Crippen LogP contribution in [-0.4, -0.2) is 27.7 Å². The van der Waals surface area contributed by atoms with Gasteiger partial charge in [0, 0.05) is 17.8 Å². The van der Waals surface area contributed by atoms with Gasteiger partial charge in [0.25, 0.3) is 0 Å². The van der Waals surface area contributed by atoms with Gasteiger partial charge in [0.15, 0.2) is 0 Å². The van der Waals surface area contributed by atoms with Crippen molar-refractivity contribution in [2.24, 2.45) is 0 Å². The highest BCUT2D eigenvalue weighted by Gasteiger charge is 2.40. The Morgan fingerprint density at radius 3 is 2.76 bits per heavy atom. The molecule has 0 saturated carbocycles. The topological polar surface area (TPSA) is 68.7 Å². The minimum Gasteiger partial charge on any atom is -0.360 e. The fraction of sp³-hybridized carbons (Fsp3) is 0.308. The third-order valence-corrected chi connectivity index (χ3v) is 3.67. The monoisotopic (exact) mass is 315 g/mol. The third kappa shape index (κ3) is 3.43. The summed E-state index contributed by atoms with van der Waals surface area (Å²) in [5.74, 6) is 0. The van der Waals surface area contributed by atoms with E-state index in [1.54, 1.807) is 18.2 Å². The van der Waals surface area contributed by atoms with Crippen molar-refractivity contribution in [3.05, 3.63) is 35.5 Å². The van der Waals surface area contributed by atoms with E-state index in [0.717, 1.165) is 6.26 Å². The smallest absolute Gasteiger partial charge is 0.360 e. The summed E-state index contributed by atoms with van der Waals surface area (Å²) in [6, 6.07) is 4.93. The van der Waals surface area contributed by atoms with E-state index in [4.69, 9.17) is 5.26 Å². The van der Waals surface area contributed by atoms with Crippen LogP contribution in [0, 0.1) is 11.3 Å². The van der Waals surface area contributed by atoms with E-state index >= 15 is 0 Å². The van der Waals surface area contributed by atoms with Gasteiger partial charge in [0.1, 0.15) is 12.1 Å². The van der Waals surface area contributed by atoms with Crippen LogP contribution < -0.4 is 4.72 Å². The second-order valence-electron chi connectivity index (χ2n) is 4.52. The molecule has 0 spiro atoms. The summed E-state index contributed by atoms with van der Waals surface area (Å²) in [6.07, 6.45) is -2.27. The zero-order valence-corrected chi connectivity index (χ0v) is 11.8. The summed E-state index contributed by atoms with van der Waals surface area (Å²) in [5.41, 5.74) is 1.30. The van der Waals surface area contributed by atoms with Gasteiger partial charge in [-0.3, -0.25) is 0 Å². The number of fused-ring (bicyclic) bond motifs is 1. The van der Waals surface area contributed by atoms with Crippen molar-refractivity contribution in [3.8, 4) is 6.07 Å². The van der Waals surface area contributed by atoms with Crippen LogP contribution in [0.1, 0.15) is 11.1 Å². The summed E-state index contributed by atoms with van der Waals surface area (Å²) in [6.45, 7) is 0. The van der Waals surface area contributed by atoms with Crippen molar-refractivity contribution in [3.63, 3.8) is 0 Å². The quantitative estimate of drug-likeness (QED) is 0.909. The van der Waals surface area contributed by atoms with Crippen molar-refractivity contribution in [1.82, 2.24) is 9.71 Å². The maximum atomic E-state index is 13.0. The maximum Gasteiger partial charge on any atom is 0.405 e. The van der Waals surface area contributed by atoms with Crippen LogP contribution in [0.5, 0.6) is 0 Å². The normalized spacial score (nSPS) is 14.8. The van der Waals surface area contributed by atoms with Crippen LogP contribution in [0.3, 0.4) is 0 Å². The first-order valence-electron chi connectivity index (χ1n) is 5.98. The van der Waals surface area contributed by atoms with E-state index < -0.39 is 23.2 Å². The average Bonchev–Trinajstić information content (AvgIpc) is 2.79. The molecule has 2 N–H and O–H groups in total. The molecular formula is C13H12F3N3OS. The third-order valence-electron chi connectivity index (χ3n) is 3.05. The molecule has 0 amide bonds. The highest BCUT2D eigenvalue weighted by Crippen LogP contribution is 2.27. The molecule has 4 nitrogen and oxygen atoms in total. The Labute approximate surface area is 121 Å². The second kappa shape index (κ2) is 5.87. The summed E-state index contributed by atoms with van der Waals surface area (Å²) in [7, 11) is -1.78. The molecule has 2 aromatic rings. The molecule has 1 aromatic heterocycles. The van der Waals surface area contributed by atoms with E-state index in [9.17, 15) is 17.4 Å². The van der Waals surface area contributed by atoms with Crippen LogP contribution >= 0.6 is 0 Å². The highest BCUT2D eigenvalue weighted by molar-refractivity contribution is 7.82. The molecule has 1 aromatic carbocycles. The lowest BCUT2D eigenvalue weighted by Gasteiger charge is -2.20. The van der Waals surface area contributed by atoms with Gasteiger partial charge >= 0.3 is 6.18 Å². The van der Waals surface area contributed by atoms with Crippen LogP contribution in [0.4, 0.5) is 13.2 Å². The number of nitrogens with zero attached hydrogens (tertiary/aromatic N) is 1. The van der Waals surface area contributed by atoms with Crippen LogP contribution in [0.15, 0.2) is 24.4 Å². The zero-order chi connectivity index (χ0) is 15.6. The molecule has 2 unspecified atom stereocenters. The Hall–Kier alpha value is -1.85. The fourth-order valence-corrected chi connectivity index (χ4v) is 2.74. The number of halogens is 3. The molecule has 8 heteroatoms. The molecule has 0 fully saturated rings. The van der Waals surface area contributed by atoms with Gasteiger partial charge in [-0.2, -0.15) is 18.4 Å². The predicted octanol–water partition coefficient (Wildman–Crippen LogP) is 2.40. The Kier molecular flexibility index (Phi) is 4.34. The molecule has 0 aliphatic heterocycles. The van der Waals surface area contributed by atoms with E-state index in [1.807, 2.05) is 10.8 Å². The van der Waals surface area contributed by atoms with Crippen molar-refractivity contribution in [1.29, 1.82) is 5.26 Å². The van der Waals surface area contributed by atoms with E-state index in [2.05, 4.69) is 4.98 Å². The van der Waals surface area contributed by atoms with Crippen molar-refractivity contribution < 1.29 is 17.4 Å². The first-order valence-corrected chi connectivity index (χ1v) is 7.54. The minimum absolute atomic E-state index is 0.363. The van der Waals surface area contributed by atoms with E-state index in [0.29, 0.717) is 22.0 Å². The summed E-state index contributed by atoms with van der Waals surface area (Å²) in [5, 5.41) is 9.53. The molecule has 0 bridgehead atoms. The molecule has 2 atom stereocenters. The van der Waals surface area contributed by atoms with Crippen LogP contribution in [-0.2, 0) is 17.4 Å². The first-order chi connectivity index (χ1) is 9.82. The van der Waals surface area contributed by atoms with Crippen molar-refractivity contribution in [2.45, 2.75) is 18.6 Å².